The first-order valence-electron chi connectivity index (χ1n) is 10.1. The number of non-ortho nitro benzene ring substituents is 1. The number of piperidine rings is 1. The van der Waals surface area contributed by atoms with Crippen molar-refractivity contribution in [3.63, 3.8) is 0 Å². The van der Waals surface area contributed by atoms with E-state index in [-0.39, 0.29) is 16.6 Å². The van der Waals surface area contributed by atoms with E-state index in [2.05, 4.69) is 25.0 Å². The molecule has 2 aromatic rings. The number of nitro benzene ring substituents is 1. The first-order chi connectivity index (χ1) is 14.4. The third-order valence-corrected chi connectivity index (χ3v) is 6.64. The molecule has 9 nitrogen and oxygen atoms in total. The van der Waals surface area contributed by atoms with Crippen molar-refractivity contribution in [2.75, 3.05) is 23.3 Å². The van der Waals surface area contributed by atoms with Gasteiger partial charge in [0.25, 0.3) is 5.69 Å². The normalized spacial score (nSPS) is 17.6. The maximum atomic E-state index is 12.7. The zero-order chi connectivity index (χ0) is 21.3. The molecule has 2 heterocycles. The van der Waals surface area contributed by atoms with Gasteiger partial charge in [-0.3, -0.25) is 19.5 Å². The summed E-state index contributed by atoms with van der Waals surface area (Å²) in [5.41, 5.74) is 0.223. The van der Waals surface area contributed by atoms with E-state index in [1.807, 2.05) is 0 Å². The van der Waals surface area contributed by atoms with Gasteiger partial charge in [-0.05, 0) is 45.1 Å². The minimum absolute atomic E-state index is 0.122. The van der Waals surface area contributed by atoms with E-state index in [0.29, 0.717) is 11.7 Å². The summed E-state index contributed by atoms with van der Waals surface area (Å²) in [7, 11) is 0. The lowest BCUT2D eigenvalue weighted by molar-refractivity contribution is -0.384. The van der Waals surface area contributed by atoms with Gasteiger partial charge in [0.15, 0.2) is 5.16 Å². The van der Waals surface area contributed by atoms with Crippen molar-refractivity contribution in [2.45, 2.75) is 55.5 Å². The fourth-order valence-corrected chi connectivity index (χ4v) is 4.61. The van der Waals surface area contributed by atoms with Gasteiger partial charge in [-0.2, -0.15) is 0 Å². The molecule has 1 atom stereocenters. The molecule has 4 rings (SSSR count). The van der Waals surface area contributed by atoms with Crippen molar-refractivity contribution in [3.05, 3.63) is 33.3 Å². The highest BCUT2D eigenvalue weighted by Crippen LogP contribution is 2.42. The van der Waals surface area contributed by atoms with E-state index in [1.54, 1.807) is 6.92 Å². The minimum atomic E-state index is -0.527. The van der Waals surface area contributed by atoms with Crippen molar-refractivity contribution in [2.24, 2.45) is 0 Å². The van der Waals surface area contributed by atoms with Crippen LogP contribution in [-0.2, 0) is 4.79 Å². The van der Waals surface area contributed by atoms with Crippen LogP contribution in [0.2, 0.25) is 5.02 Å². The van der Waals surface area contributed by atoms with Gasteiger partial charge in [0, 0.05) is 31.3 Å². The van der Waals surface area contributed by atoms with Crippen LogP contribution >= 0.6 is 23.4 Å². The summed E-state index contributed by atoms with van der Waals surface area (Å²) in [6, 6.07) is 4.38. The number of carbonyl (C=O) groups is 1. The van der Waals surface area contributed by atoms with E-state index in [4.69, 9.17) is 11.6 Å². The quantitative estimate of drug-likeness (QED) is 0.381. The number of aromatic nitrogens is 3. The van der Waals surface area contributed by atoms with Crippen LogP contribution < -0.4 is 10.2 Å². The highest BCUT2D eigenvalue weighted by atomic mass is 35.5. The van der Waals surface area contributed by atoms with Gasteiger partial charge in [0.1, 0.15) is 0 Å². The van der Waals surface area contributed by atoms with E-state index in [0.717, 1.165) is 49.9 Å². The van der Waals surface area contributed by atoms with Crippen LogP contribution in [0.4, 0.5) is 17.3 Å². The molecule has 2 aliphatic rings. The predicted octanol–water partition coefficient (Wildman–Crippen LogP) is 4.28. The number of thioether (sulfide) groups is 1. The Morgan fingerprint density at radius 1 is 1.30 bits per heavy atom. The average Bonchev–Trinajstić information content (AvgIpc) is 3.49. The van der Waals surface area contributed by atoms with Crippen molar-refractivity contribution >= 4 is 46.6 Å². The zero-order valence-electron chi connectivity index (χ0n) is 16.6. The second kappa shape index (κ2) is 8.81. The fraction of sp³-hybridized carbons (Fsp3) is 0.526. The summed E-state index contributed by atoms with van der Waals surface area (Å²) in [4.78, 5) is 25.3. The van der Waals surface area contributed by atoms with Crippen molar-refractivity contribution in [1.29, 1.82) is 0 Å². The SMILES string of the molecule is CC(Sc1nnc(N2CCCCC2)n1C1CC1)C(=O)Nc1ccc([N+](=O)[O-])cc1Cl. The molecule has 1 aromatic heterocycles. The van der Waals surface area contributed by atoms with Gasteiger partial charge in [0.05, 0.1) is 20.9 Å². The predicted molar refractivity (Wildman–Crippen MR) is 116 cm³/mol. The van der Waals surface area contributed by atoms with Crippen LogP contribution in [0, 0.1) is 10.1 Å². The van der Waals surface area contributed by atoms with Crippen LogP contribution in [-0.4, -0.2) is 43.9 Å². The molecule has 30 heavy (non-hydrogen) atoms. The molecule has 1 saturated carbocycles. The molecule has 1 aliphatic heterocycles. The van der Waals surface area contributed by atoms with Gasteiger partial charge in [0.2, 0.25) is 11.9 Å². The third-order valence-electron chi connectivity index (χ3n) is 5.27. The summed E-state index contributed by atoms with van der Waals surface area (Å²) < 4.78 is 2.18. The van der Waals surface area contributed by atoms with E-state index < -0.39 is 10.2 Å². The minimum Gasteiger partial charge on any atom is -0.341 e. The maximum Gasteiger partial charge on any atom is 0.271 e. The molecular weight excluding hydrogens is 428 g/mol. The van der Waals surface area contributed by atoms with Crippen molar-refractivity contribution in [3.8, 4) is 0 Å². The van der Waals surface area contributed by atoms with Crippen molar-refractivity contribution in [1.82, 2.24) is 14.8 Å². The number of hydrogen-bond acceptors (Lipinski definition) is 7. The third kappa shape index (κ3) is 4.54. The lowest BCUT2D eigenvalue weighted by Crippen LogP contribution is -2.32. The second-order valence-corrected chi connectivity index (χ2v) is 9.32. The monoisotopic (exact) mass is 450 g/mol. The Hall–Kier alpha value is -2.33. The highest BCUT2D eigenvalue weighted by Gasteiger charge is 2.33. The second-order valence-electron chi connectivity index (χ2n) is 7.60. The van der Waals surface area contributed by atoms with Crippen LogP contribution in [0.15, 0.2) is 23.4 Å². The first-order valence-corrected chi connectivity index (χ1v) is 11.3. The molecule has 0 spiro atoms. The number of anilines is 2. The number of nitrogens with zero attached hydrogens (tertiary/aromatic N) is 5. The zero-order valence-corrected chi connectivity index (χ0v) is 18.2. The molecule has 160 valence electrons. The largest absolute Gasteiger partial charge is 0.341 e. The van der Waals surface area contributed by atoms with Gasteiger partial charge < -0.3 is 10.2 Å². The molecule has 0 bridgehead atoms. The molecule has 2 fully saturated rings. The smallest absolute Gasteiger partial charge is 0.271 e. The Morgan fingerprint density at radius 3 is 2.67 bits per heavy atom. The molecule has 1 N–H and O–H groups in total. The molecule has 1 unspecified atom stereocenters. The van der Waals surface area contributed by atoms with Gasteiger partial charge in [-0.25, -0.2) is 0 Å². The van der Waals surface area contributed by atoms with Crippen LogP contribution in [0.5, 0.6) is 0 Å². The lowest BCUT2D eigenvalue weighted by atomic mass is 10.1. The maximum absolute atomic E-state index is 12.7. The van der Waals surface area contributed by atoms with Crippen LogP contribution in [0.3, 0.4) is 0 Å². The Bertz CT molecular complexity index is 958. The number of rotatable bonds is 7. The summed E-state index contributed by atoms with van der Waals surface area (Å²) in [6.07, 6.45) is 5.78. The number of nitro groups is 1. The lowest BCUT2D eigenvalue weighted by Gasteiger charge is -2.28. The Labute approximate surface area is 183 Å². The number of benzene rings is 1. The first kappa shape index (κ1) is 20.9. The Morgan fingerprint density at radius 2 is 2.03 bits per heavy atom. The Balaban J connectivity index is 1.46. The van der Waals surface area contributed by atoms with Gasteiger partial charge in [-0.1, -0.05) is 23.4 Å². The number of carbonyl (C=O) groups excluding carboxylic acids is 1. The van der Waals surface area contributed by atoms with Crippen molar-refractivity contribution < 1.29 is 9.72 Å². The van der Waals surface area contributed by atoms with E-state index in [1.165, 1.54) is 36.4 Å². The topological polar surface area (TPSA) is 106 Å². The van der Waals surface area contributed by atoms with E-state index >= 15 is 0 Å². The summed E-state index contributed by atoms with van der Waals surface area (Å²) in [6.45, 7) is 3.78. The standard InChI is InChI=1S/C19H23ClN6O3S/c1-12(17(27)21-16-8-7-14(26(28)29)11-15(16)20)30-19-23-22-18(25(19)13-5-6-13)24-9-3-2-4-10-24/h7-8,11-13H,2-6,9-10H2,1H3,(H,21,27). The summed E-state index contributed by atoms with van der Waals surface area (Å²) in [5.74, 6) is 0.659. The summed E-state index contributed by atoms with van der Waals surface area (Å²) in [5, 5.41) is 22.9. The average molecular weight is 451 g/mol. The van der Waals surface area contributed by atoms with Gasteiger partial charge >= 0.3 is 0 Å². The van der Waals surface area contributed by atoms with E-state index in [9.17, 15) is 14.9 Å². The van der Waals surface area contributed by atoms with Crippen LogP contribution in [0.25, 0.3) is 0 Å². The number of nitrogens with one attached hydrogen (secondary N) is 1. The van der Waals surface area contributed by atoms with Crippen LogP contribution in [0.1, 0.15) is 45.1 Å². The molecule has 1 aromatic carbocycles. The highest BCUT2D eigenvalue weighted by molar-refractivity contribution is 8.00. The molecule has 0 radical (unpaired) electrons. The molecule has 1 saturated heterocycles. The molecular formula is C19H23ClN6O3S. The summed E-state index contributed by atoms with van der Waals surface area (Å²) >= 11 is 7.45. The molecule has 11 heteroatoms. The Kier molecular flexibility index (Phi) is 6.14. The fourth-order valence-electron chi connectivity index (χ4n) is 3.48. The molecule has 1 aliphatic carbocycles. The van der Waals surface area contributed by atoms with Gasteiger partial charge in [-0.15, -0.1) is 10.2 Å². The number of halogens is 1. The molecule has 1 amide bonds. The number of hydrogen-bond donors (Lipinski definition) is 1. The number of amides is 1.